The maximum atomic E-state index is 11.4. The highest BCUT2D eigenvalue weighted by Gasteiger charge is 2.04. The van der Waals surface area contributed by atoms with Crippen molar-refractivity contribution < 1.29 is 9.53 Å². The first kappa shape index (κ1) is 15.7. The molecule has 0 atom stereocenters. The highest BCUT2D eigenvalue weighted by Crippen LogP contribution is 2.20. The van der Waals surface area contributed by atoms with Gasteiger partial charge in [0.15, 0.2) is 0 Å². The predicted octanol–water partition coefficient (Wildman–Crippen LogP) is 3.11. The molecule has 2 rings (SSSR count). The zero-order chi connectivity index (χ0) is 15.1. The molecule has 2 aromatic carbocycles. The minimum Gasteiger partial charge on any atom is -0.493 e. The van der Waals surface area contributed by atoms with Crippen LogP contribution < -0.4 is 16.0 Å². The van der Waals surface area contributed by atoms with Gasteiger partial charge in [0, 0.05) is 21.2 Å². The molecule has 0 aromatic heterocycles. The highest BCUT2D eigenvalue weighted by molar-refractivity contribution is 7.99. The molecular weight excluding hydrogens is 308 g/mol. The molecule has 0 heterocycles. The normalized spacial score (nSPS) is 10.2. The number of rotatable bonds is 6. The molecule has 2 aromatic rings. The van der Waals surface area contributed by atoms with E-state index in [0.29, 0.717) is 17.9 Å². The molecule has 0 saturated heterocycles. The third-order valence-electron chi connectivity index (χ3n) is 2.66. The molecule has 0 fully saturated rings. The molecule has 110 valence electrons. The van der Waals surface area contributed by atoms with Gasteiger partial charge in [0.1, 0.15) is 5.75 Å². The van der Waals surface area contributed by atoms with Crippen molar-refractivity contribution in [1.82, 2.24) is 5.43 Å². The summed E-state index contributed by atoms with van der Waals surface area (Å²) in [6.07, 6.45) is 0. The topological polar surface area (TPSA) is 64.3 Å². The molecule has 0 aliphatic heterocycles. The Kier molecular flexibility index (Phi) is 5.92. The van der Waals surface area contributed by atoms with E-state index in [9.17, 15) is 4.79 Å². The minimum absolute atomic E-state index is 0.337. The number of hydrogen-bond acceptors (Lipinski definition) is 4. The molecule has 0 radical (unpaired) electrons. The van der Waals surface area contributed by atoms with Gasteiger partial charge in [0.2, 0.25) is 0 Å². The molecule has 6 heteroatoms. The summed E-state index contributed by atoms with van der Waals surface area (Å²) in [6, 6.07) is 14.6. The predicted molar refractivity (Wildman–Crippen MR) is 85.8 cm³/mol. The first-order chi connectivity index (χ1) is 10.2. The smallest absolute Gasteiger partial charge is 0.265 e. The number of carbonyl (C=O) groups is 1. The molecule has 1 amide bonds. The van der Waals surface area contributed by atoms with Crippen LogP contribution in [0.15, 0.2) is 53.4 Å². The molecule has 4 nitrogen and oxygen atoms in total. The van der Waals surface area contributed by atoms with Gasteiger partial charge in [-0.15, -0.1) is 11.8 Å². The average molecular weight is 323 g/mol. The van der Waals surface area contributed by atoms with Crippen LogP contribution in [-0.2, 0) is 0 Å². The largest absolute Gasteiger partial charge is 0.493 e. The van der Waals surface area contributed by atoms with Crippen LogP contribution in [0.1, 0.15) is 10.4 Å². The summed E-state index contributed by atoms with van der Waals surface area (Å²) in [6.45, 7) is 0.543. The Bertz CT molecular complexity index is 605. The number of hydrogen-bond donors (Lipinski definition) is 2. The molecule has 0 spiro atoms. The van der Waals surface area contributed by atoms with E-state index < -0.39 is 0 Å². The zero-order valence-corrected chi connectivity index (χ0v) is 12.8. The van der Waals surface area contributed by atoms with Crippen LogP contribution in [0.3, 0.4) is 0 Å². The molecule has 0 aliphatic rings. The lowest BCUT2D eigenvalue weighted by atomic mass is 10.2. The van der Waals surface area contributed by atoms with Crippen molar-refractivity contribution in [2.45, 2.75) is 4.90 Å². The Labute approximate surface area is 132 Å². The molecule has 3 N–H and O–H groups in total. The number of carbonyl (C=O) groups excluding carboxylic acids is 1. The van der Waals surface area contributed by atoms with Crippen LogP contribution >= 0.6 is 23.4 Å². The zero-order valence-electron chi connectivity index (χ0n) is 11.2. The standard InChI is InChI=1S/C15H15ClN2O2S/c16-12-4-6-14(7-5-12)21-9-8-20-13-3-1-2-11(10-13)15(19)18-17/h1-7,10H,8-9,17H2,(H,18,19). The van der Waals surface area contributed by atoms with Crippen LogP contribution in [0.4, 0.5) is 0 Å². The number of halogens is 1. The van der Waals surface area contributed by atoms with Crippen molar-refractivity contribution in [2.75, 3.05) is 12.4 Å². The van der Waals surface area contributed by atoms with E-state index in [1.54, 1.807) is 36.0 Å². The van der Waals surface area contributed by atoms with Crippen LogP contribution in [0.2, 0.25) is 5.02 Å². The van der Waals surface area contributed by atoms with Crippen molar-refractivity contribution >= 4 is 29.3 Å². The Balaban J connectivity index is 1.80. The van der Waals surface area contributed by atoms with Gasteiger partial charge in [0.05, 0.1) is 6.61 Å². The summed E-state index contributed by atoms with van der Waals surface area (Å²) in [4.78, 5) is 12.5. The van der Waals surface area contributed by atoms with E-state index in [2.05, 4.69) is 5.43 Å². The van der Waals surface area contributed by atoms with Crippen molar-refractivity contribution in [1.29, 1.82) is 0 Å². The third kappa shape index (κ3) is 4.97. The summed E-state index contributed by atoms with van der Waals surface area (Å²) < 4.78 is 5.62. The van der Waals surface area contributed by atoms with E-state index in [4.69, 9.17) is 22.2 Å². The maximum Gasteiger partial charge on any atom is 0.265 e. The van der Waals surface area contributed by atoms with E-state index in [1.807, 2.05) is 24.3 Å². The summed E-state index contributed by atoms with van der Waals surface area (Å²) in [5, 5.41) is 0.727. The van der Waals surface area contributed by atoms with Gasteiger partial charge in [-0.05, 0) is 42.5 Å². The monoisotopic (exact) mass is 322 g/mol. The highest BCUT2D eigenvalue weighted by atomic mass is 35.5. The second-order valence-electron chi connectivity index (χ2n) is 4.15. The Morgan fingerprint density at radius 3 is 2.71 bits per heavy atom. The van der Waals surface area contributed by atoms with E-state index in [-0.39, 0.29) is 5.91 Å². The van der Waals surface area contributed by atoms with Crippen molar-refractivity contribution in [3.63, 3.8) is 0 Å². The summed E-state index contributed by atoms with van der Waals surface area (Å²) >= 11 is 7.51. The number of hydrazine groups is 1. The fraction of sp³-hybridized carbons (Fsp3) is 0.133. The fourth-order valence-corrected chi connectivity index (χ4v) is 2.52. The van der Waals surface area contributed by atoms with Gasteiger partial charge in [-0.25, -0.2) is 5.84 Å². The van der Waals surface area contributed by atoms with Gasteiger partial charge in [0.25, 0.3) is 5.91 Å². The van der Waals surface area contributed by atoms with Crippen LogP contribution in [0.25, 0.3) is 0 Å². The van der Waals surface area contributed by atoms with E-state index in [0.717, 1.165) is 15.7 Å². The first-order valence-corrected chi connectivity index (χ1v) is 7.67. The van der Waals surface area contributed by atoms with Gasteiger partial charge < -0.3 is 4.74 Å². The lowest BCUT2D eigenvalue weighted by molar-refractivity contribution is 0.0953. The molecule has 0 bridgehead atoms. The average Bonchev–Trinajstić information content (AvgIpc) is 2.53. The lowest BCUT2D eigenvalue weighted by Gasteiger charge is -2.07. The Morgan fingerprint density at radius 1 is 1.24 bits per heavy atom. The molecular formula is C15H15ClN2O2S. The number of nitrogens with one attached hydrogen (secondary N) is 1. The number of ether oxygens (including phenoxy) is 1. The maximum absolute atomic E-state index is 11.4. The summed E-state index contributed by atoms with van der Waals surface area (Å²) in [5.41, 5.74) is 2.56. The first-order valence-electron chi connectivity index (χ1n) is 6.31. The van der Waals surface area contributed by atoms with E-state index >= 15 is 0 Å². The van der Waals surface area contributed by atoms with E-state index in [1.165, 1.54) is 0 Å². The number of thioether (sulfide) groups is 1. The SMILES string of the molecule is NNC(=O)c1cccc(OCCSc2ccc(Cl)cc2)c1. The van der Waals surface area contributed by atoms with Gasteiger partial charge in [-0.2, -0.15) is 0 Å². The van der Waals surface area contributed by atoms with Crippen molar-refractivity contribution in [3.8, 4) is 5.75 Å². The molecule has 21 heavy (non-hydrogen) atoms. The summed E-state index contributed by atoms with van der Waals surface area (Å²) in [5.74, 6) is 6.21. The second kappa shape index (κ2) is 7.93. The number of benzene rings is 2. The van der Waals surface area contributed by atoms with Crippen LogP contribution in [-0.4, -0.2) is 18.3 Å². The number of amides is 1. The van der Waals surface area contributed by atoms with Gasteiger partial charge in [-0.1, -0.05) is 17.7 Å². The lowest BCUT2D eigenvalue weighted by Crippen LogP contribution is -2.29. The number of nitrogens with two attached hydrogens (primary N) is 1. The van der Waals surface area contributed by atoms with Crippen LogP contribution in [0, 0.1) is 0 Å². The quantitative estimate of drug-likeness (QED) is 0.282. The van der Waals surface area contributed by atoms with Gasteiger partial charge in [-0.3, -0.25) is 10.2 Å². The molecule has 0 aliphatic carbocycles. The Morgan fingerprint density at radius 2 is 2.00 bits per heavy atom. The Hall–Kier alpha value is -1.69. The fourth-order valence-electron chi connectivity index (χ4n) is 1.66. The third-order valence-corrected chi connectivity index (χ3v) is 3.89. The minimum atomic E-state index is -0.337. The molecule has 0 saturated carbocycles. The molecule has 0 unspecified atom stereocenters. The number of nitrogen functional groups attached to an aromatic ring is 1. The summed E-state index contributed by atoms with van der Waals surface area (Å²) in [7, 11) is 0. The van der Waals surface area contributed by atoms with Crippen molar-refractivity contribution in [2.24, 2.45) is 5.84 Å². The van der Waals surface area contributed by atoms with Gasteiger partial charge >= 0.3 is 0 Å². The van der Waals surface area contributed by atoms with Crippen LogP contribution in [0.5, 0.6) is 5.75 Å². The van der Waals surface area contributed by atoms with Crippen molar-refractivity contribution in [3.05, 3.63) is 59.1 Å². The second-order valence-corrected chi connectivity index (χ2v) is 5.76.